The van der Waals surface area contributed by atoms with E-state index in [4.69, 9.17) is 4.74 Å². The maximum absolute atomic E-state index is 11.8. The Labute approximate surface area is 110 Å². The van der Waals surface area contributed by atoms with Gasteiger partial charge >= 0.3 is 0 Å². The second-order valence-electron chi connectivity index (χ2n) is 4.63. The molecule has 0 saturated carbocycles. The minimum atomic E-state index is -0.887. The Balaban J connectivity index is 2.88. The summed E-state index contributed by atoms with van der Waals surface area (Å²) in [6.07, 6.45) is 0.216. The third-order valence-corrected chi connectivity index (χ3v) is 2.49. The van der Waals surface area contributed by atoms with Crippen LogP contribution >= 0.6 is 0 Å². The van der Waals surface area contributed by atoms with Gasteiger partial charge in [-0.25, -0.2) is 0 Å². The van der Waals surface area contributed by atoms with E-state index < -0.39 is 11.0 Å². The summed E-state index contributed by atoms with van der Waals surface area (Å²) in [7, 11) is 0. The van der Waals surface area contributed by atoms with E-state index in [9.17, 15) is 20.0 Å². The lowest BCUT2D eigenvalue weighted by Crippen LogP contribution is -2.31. The number of hydrogen-bond acceptors (Lipinski definition) is 5. The molecule has 0 bridgehead atoms. The molecular formula is C12H18N2O5. The first-order valence-corrected chi connectivity index (χ1v) is 5.96. The topological polar surface area (TPSA) is 94.6 Å². The molecule has 0 unspecified atom stereocenters. The van der Waals surface area contributed by atoms with Crippen LogP contribution < -0.4 is 5.56 Å². The lowest BCUT2D eigenvalue weighted by atomic mass is 10.2. The predicted molar refractivity (Wildman–Crippen MR) is 69.2 cm³/mol. The minimum Gasteiger partial charge on any atom is -0.389 e. The van der Waals surface area contributed by atoms with Crippen LogP contribution in [0.3, 0.4) is 0 Å². The van der Waals surface area contributed by atoms with Gasteiger partial charge in [-0.2, -0.15) is 0 Å². The number of ether oxygens (including phenoxy) is 1. The van der Waals surface area contributed by atoms with E-state index in [1.165, 1.54) is 13.0 Å². The molecule has 0 aliphatic rings. The van der Waals surface area contributed by atoms with Gasteiger partial charge in [-0.3, -0.25) is 14.9 Å². The highest BCUT2D eigenvalue weighted by Gasteiger charge is 2.14. The zero-order valence-electron chi connectivity index (χ0n) is 11.2. The standard InChI is InChI=1S/C12H18N2O5/c1-8(2)19-7-11(15)6-13-5-10(14(17)18)4-9(3)12(13)16/h4-5,8,11,15H,6-7H2,1-3H3/t11-/m0/s1. The van der Waals surface area contributed by atoms with Gasteiger partial charge in [0.1, 0.15) is 0 Å². The number of nitro groups is 1. The van der Waals surface area contributed by atoms with Gasteiger partial charge in [0.05, 0.1) is 36.5 Å². The fraction of sp³-hybridized carbons (Fsp3) is 0.583. The van der Waals surface area contributed by atoms with E-state index in [-0.39, 0.29) is 36.1 Å². The van der Waals surface area contributed by atoms with E-state index in [2.05, 4.69) is 0 Å². The average Bonchev–Trinajstić information content (AvgIpc) is 2.31. The normalized spacial score (nSPS) is 12.7. The van der Waals surface area contributed by atoms with Crippen molar-refractivity contribution in [1.82, 2.24) is 4.57 Å². The van der Waals surface area contributed by atoms with Crippen molar-refractivity contribution in [3.8, 4) is 0 Å². The molecule has 1 N–H and O–H groups in total. The lowest BCUT2D eigenvalue weighted by molar-refractivity contribution is -0.385. The molecule has 1 aromatic rings. The summed E-state index contributed by atoms with van der Waals surface area (Å²) in [5.74, 6) is 0. The first kappa shape index (κ1) is 15.3. The quantitative estimate of drug-likeness (QED) is 0.611. The van der Waals surface area contributed by atoms with E-state index in [1.54, 1.807) is 0 Å². The molecule has 7 heteroatoms. The van der Waals surface area contributed by atoms with Crippen LogP contribution in [0.25, 0.3) is 0 Å². The molecule has 0 spiro atoms. The average molecular weight is 270 g/mol. The minimum absolute atomic E-state index is 0.0294. The largest absolute Gasteiger partial charge is 0.389 e. The second kappa shape index (κ2) is 6.44. The molecule has 1 atom stereocenters. The van der Waals surface area contributed by atoms with Crippen LogP contribution in [0.4, 0.5) is 5.69 Å². The van der Waals surface area contributed by atoms with E-state index in [1.807, 2.05) is 13.8 Å². The highest BCUT2D eigenvalue weighted by atomic mass is 16.6. The van der Waals surface area contributed by atoms with Crippen LogP contribution in [-0.2, 0) is 11.3 Å². The monoisotopic (exact) mass is 270 g/mol. The number of pyridine rings is 1. The first-order chi connectivity index (χ1) is 8.81. The Morgan fingerprint density at radius 2 is 2.16 bits per heavy atom. The van der Waals surface area contributed by atoms with Crippen molar-refractivity contribution in [2.45, 2.75) is 39.5 Å². The number of nitrogens with zero attached hydrogens (tertiary/aromatic N) is 2. The Hall–Kier alpha value is -1.73. The molecule has 1 rings (SSSR count). The number of aryl methyl sites for hydroxylation is 1. The van der Waals surface area contributed by atoms with E-state index >= 15 is 0 Å². The van der Waals surface area contributed by atoms with Gasteiger partial charge in [0, 0.05) is 11.6 Å². The van der Waals surface area contributed by atoms with Crippen molar-refractivity contribution >= 4 is 5.69 Å². The van der Waals surface area contributed by atoms with Crippen molar-refractivity contribution in [3.05, 3.63) is 38.3 Å². The van der Waals surface area contributed by atoms with Gasteiger partial charge in [0.2, 0.25) is 0 Å². The highest BCUT2D eigenvalue weighted by molar-refractivity contribution is 5.30. The van der Waals surface area contributed by atoms with E-state index in [0.717, 1.165) is 10.8 Å². The summed E-state index contributed by atoms with van der Waals surface area (Å²) in [5.41, 5.74) is -0.255. The fourth-order valence-electron chi connectivity index (χ4n) is 1.58. The lowest BCUT2D eigenvalue weighted by Gasteiger charge is -2.15. The van der Waals surface area contributed by atoms with Gasteiger partial charge in [-0.15, -0.1) is 0 Å². The molecule has 0 aliphatic carbocycles. The van der Waals surface area contributed by atoms with Crippen LogP contribution in [0.2, 0.25) is 0 Å². The Bertz CT molecular complexity index is 509. The van der Waals surface area contributed by atoms with Gasteiger partial charge in [-0.05, 0) is 20.8 Å². The molecule has 1 heterocycles. The van der Waals surface area contributed by atoms with Crippen LogP contribution in [0.15, 0.2) is 17.1 Å². The van der Waals surface area contributed by atoms with Gasteiger partial charge in [0.25, 0.3) is 11.2 Å². The van der Waals surface area contributed by atoms with E-state index in [0.29, 0.717) is 0 Å². The molecule has 0 radical (unpaired) electrons. The molecule has 106 valence electrons. The van der Waals surface area contributed by atoms with Crippen molar-refractivity contribution in [2.24, 2.45) is 0 Å². The van der Waals surface area contributed by atoms with Crippen molar-refractivity contribution in [2.75, 3.05) is 6.61 Å². The highest BCUT2D eigenvalue weighted by Crippen LogP contribution is 2.10. The molecule has 0 aliphatic heterocycles. The third kappa shape index (κ3) is 4.46. The van der Waals surface area contributed by atoms with Crippen LogP contribution in [0.5, 0.6) is 0 Å². The Morgan fingerprint density at radius 1 is 1.53 bits per heavy atom. The van der Waals surface area contributed by atoms with Crippen molar-refractivity contribution < 1.29 is 14.8 Å². The summed E-state index contributed by atoms with van der Waals surface area (Å²) in [4.78, 5) is 22.0. The van der Waals surface area contributed by atoms with Gasteiger partial charge < -0.3 is 14.4 Å². The summed E-state index contributed by atoms with van der Waals surface area (Å²) in [6.45, 7) is 5.20. The maximum Gasteiger partial charge on any atom is 0.286 e. The predicted octanol–water partition coefficient (Wildman–Crippen LogP) is 0.851. The van der Waals surface area contributed by atoms with Crippen molar-refractivity contribution in [3.63, 3.8) is 0 Å². The molecule has 0 fully saturated rings. The van der Waals surface area contributed by atoms with Crippen molar-refractivity contribution in [1.29, 1.82) is 0 Å². The molecule has 0 saturated heterocycles. The summed E-state index contributed by atoms with van der Waals surface area (Å²) in [5, 5.41) is 20.5. The van der Waals surface area contributed by atoms with Crippen LogP contribution in [-0.4, -0.2) is 33.4 Å². The number of aliphatic hydroxyl groups is 1. The summed E-state index contributed by atoms with van der Waals surface area (Å²) >= 11 is 0. The van der Waals surface area contributed by atoms with Crippen LogP contribution in [0.1, 0.15) is 19.4 Å². The molecule has 0 aromatic carbocycles. The van der Waals surface area contributed by atoms with Gasteiger partial charge in [-0.1, -0.05) is 0 Å². The SMILES string of the molecule is Cc1cc([N+](=O)[O-])cn(C[C@H](O)COC(C)C)c1=O. The summed E-state index contributed by atoms with van der Waals surface area (Å²) < 4.78 is 6.37. The molecular weight excluding hydrogens is 252 g/mol. The zero-order valence-corrected chi connectivity index (χ0v) is 11.2. The molecule has 0 amide bonds. The zero-order chi connectivity index (χ0) is 14.6. The van der Waals surface area contributed by atoms with Gasteiger partial charge in [0.15, 0.2) is 0 Å². The first-order valence-electron chi connectivity index (χ1n) is 5.96. The third-order valence-electron chi connectivity index (χ3n) is 2.49. The number of rotatable bonds is 6. The Kier molecular flexibility index (Phi) is 5.20. The van der Waals surface area contributed by atoms with Crippen LogP contribution in [0, 0.1) is 17.0 Å². The Morgan fingerprint density at radius 3 is 2.68 bits per heavy atom. The number of hydrogen-bond donors (Lipinski definition) is 1. The second-order valence-corrected chi connectivity index (χ2v) is 4.63. The summed E-state index contributed by atoms with van der Waals surface area (Å²) in [6, 6.07) is 1.22. The maximum atomic E-state index is 11.8. The molecule has 7 nitrogen and oxygen atoms in total. The molecule has 19 heavy (non-hydrogen) atoms. The smallest absolute Gasteiger partial charge is 0.286 e. The number of aromatic nitrogens is 1. The molecule has 1 aromatic heterocycles. The fourth-order valence-corrected chi connectivity index (χ4v) is 1.58. The number of aliphatic hydroxyl groups excluding tert-OH is 1.